The Hall–Kier alpha value is -3.60. The lowest BCUT2D eigenvalue weighted by molar-refractivity contribution is -0.141. The third-order valence-corrected chi connectivity index (χ3v) is 5.96. The summed E-state index contributed by atoms with van der Waals surface area (Å²) in [4.78, 5) is 28.9. The van der Waals surface area contributed by atoms with E-state index in [9.17, 15) is 9.59 Å². The van der Waals surface area contributed by atoms with E-state index in [4.69, 9.17) is 4.74 Å². The highest BCUT2D eigenvalue weighted by Crippen LogP contribution is 2.19. The van der Waals surface area contributed by atoms with Crippen molar-refractivity contribution in [3.8, 4) is 5.75 Å². The lowest BCUT2D eigenvalue weighted by Crippen LogP contribution is -2.52. The van der Waals surface area contributed by atoms with Crippen LogP contribution in [0.2, 0.25) is 0 Å². The van der Waals surface area contributed by atoms with Crippen LogP contribution in [0.4, 0.5) is 0 Å². The maximum atomic E-state index is 13.7. The van der Waals surface area contributed by atoms with Gasteiger partial charge in [0.1, 0.15) is 11.8 Å². The fourth-order valence-corrected chi connectivity index (χ4v) is 3.83. The first-order valence-electron chi connectivity index (χ1n) is 11.8. The van der Waals surface area contributed by atoms with Crippen LogP contribution >= 0.6 is 0 Å². The number of amides is 2. The van der Waals surface area contributed by atoms with Gasteiger partial charge in [-0.1, -0.05) is 79.7 Å². The molecular weight excluding hydrogens is 424 g/mol. The van der Waals surface area contributed by atoms with Crippen LogP contribution in [0, 0.1) is 0 Å². The summed E-state index contributed by atoms with van der Waals surface area (Å²) in [6.07, 6.45) is 1.48. The second-order valence-corrected chi connectivity index (χ2v) is 8.56. The maximum Gasteiger partial charge on any atom is 0.243 e. The summed E-state index contributed by atoms with van der Waals surface area (Å²) in [5, 5.41) is 3.10. The van der Waals surface area contributed by atoms with Crippen LogP contribution in [0.3, 0.4) is 0 Å². The van der Waals surface area contributed by atoms with Gasteiger partial charge in [0.05, 0.1) is 13.5 Å². The molecule has 3 rings (SSSR count). The normalized spacial score (nSPS) is 12.4. The molecule has 3 aromatic carbocycles. The van der Waals surface area contributed by atoms with E-state index in [0.29, 0.717) is 13.0 Å². The van der Waals surface area contributed by atoms with E-state index in [0.717, 1.165) is 28.9 Å². The van der Waals surface area contributed by atoms with Crippen molar-refractivity contribution in [1.29, 1.82) is 0 Å². The third-order valence-electron chi connectivity index (χ3n) is 5.96. The molecule has 5 heteroatoms. The molecule has 0 saturated carbocycles. The number of methoxy groups -OCH3 is 1. The zero-order chi connectivity index (χ0) is 24.3. The number of ether oxygens (including phenoxy) is 1. The molecule has 1 N–H and O–H groups in total. The zero-order valence-electron chi connectivity index (χ0n) is 20.2. The number of hydrogen-bond donors (Lipinski definition) is 1. The molecule has 0 aliphatic heterocycles. The highest BCUT2D eigenvalue weighted by molar-refractivity contribution is 5.89. The van der Waals surface area contributed by atoms with E-state index in [1.807, 2.05) is 98.8 Å². The topological polar surface area (TPSA) is 58.6 Å². The lowest BCUT2D eigenvalue weighted by atomic mass is 10.0. The van der Waals surface area contributed by atoms with Crippen LogP contribution in [-0.2, 0) is 29.0 Å². The Balaban J connectivity index is 1.97. The first-order chi connectivity index (χ1) is 16.5. The minimum atomic E-state index is -0.640. The van der Waals surface area contributed by atoms with E-state index in [-0.39, 0.29) is 24.3 Å². The first kappa shape index (κ1) is 25.0. The minimum absolute atomic E-state index is 0.0219. The van der Waals surface area contributed by atoms with Crippen LogP contribution in [0.1, 0.15) is 37.0 Å². The van der Waals surface area contributed by atoms with Crippen LogP contribution in [0.5, 0.6) is 5.75 Å². The number of benzene rings is 3. The van der Waals surface area contributed by atoms with Crippen LogP contribution in [0.15, 0.2) is 84.9 Å². The van der Waals surface area contributed by atoms with Gasteiger partial charge in [-0.15, -0.1) is 0 Å². The summed E-state index contributed by atoms with van der Waals surface area (Å²) >= 11 is 0. The Labute approximate surface area is 202 Å². The van der Waals surface area contributed by atoms with Crippen LogP contribution < -0.4 is 10.1 Å². The molecule has 0 fully saturated rings. The van der Waals surface area contributed by atoms with Crippen molar-refractivity contribution in [3.05, 3.63) is 102 Å². The predicted molar refractivity (Wildman–Crippen MR) is 136 cm³/mol. The summed E-state index contributed by atoms with van der Waals surface area (Å²) in [7, 11) is 1.62. The maximum absolute atomic E-state index is 13.7. The van der Waals surface area contributed by atoms with Crippen molar-refractivity contribution in [1.82, 2.24) is 10.2 Å². The molecule has 2 unspecified atom stereocenters. The molecular formula is C29H34N2O3. The number of nitrogens with one attached hydrogen (secondary N) is 1. The zero-order valence-corrected chi connectivity index (χ0v) is 20.2. The average Bonchev–Trinajstić information content (AvgIpc) is 2.87. The van der Waals surface area contributed by atoms with Gasteiger partial charge in [0.15, 0.2) is 0 Å². The molecule has 0 spiro atoms. The van der Waals surface area contributed by atoms with Crippen molar-refractivity contribution in [2.75, 3.05) is 7.11 Å². The average molecular weight is 459 g/mol. The Morgan fingerprint density at radius 1 is 0.882 bits per heavy atom. The molecule has 0 aromatic heterocycles. The van der Waals surface area contributed by atoms with Gasteiger partial charge < -0.3 is 15.0 Å². The van der Waals surface area contributed by atoms with Crippen LogP contribution in [-0.4, -0.2) is 35.9 Å². The van der Waals surface area contributed by atoms with Gasteiger partial charge in [0.25, 0.3) is 0 Å². The Morgan fingerprint density at radius 2 is 1.50 bits per heavy atom. The summed E-state index contributed by atoms with van der Waals surface area (Å²) in [6, 6.07) is 26.5. The first-order valence-corrected chi connectivity index (χ1v) is 11.8. The number of hydrogen-bond acceptors (Lipinski definition) is 3. The van der Waals surface area contributed by atoms with Gasteiger partial charge in [-0.05, 0) is 42.2 Å². The molecule has 3 aromatic rings. The summed E-state index contributed by atoms with van der Waals surface area (Å²) in [5.41, 5.74) is 2.84. The number of carbonyl (C=O) groups is 2. The van der Waals surface area contributed by atoms with Gasteiger partial charge in [-0.25, -0.2) is 0 Å². The lowest BCUT2D eigenvalue weighted by Gasteiger charge is -2.32. The second kappa shape index (κ2) is 12.6. The van der Waals surface area contributed by atoms with Crippen molar-refractivity contribution in [2.45, 2.75) is 51.7 Å². The Kier molecular flexibility index (Phi) is 9.27. The molecule has 0 saturated heterocycles. The molecule has 34 heavy (non-hydrogen) atoms. The smallest absolute Gasteiger partial charge is 0.243 e. The fraction of sp³-hybridized carbons (Fsp3) is 0.310. The summed E-state index contributed by atoms with van der Waals surface area (Å²) in [5.74, 6) is 0.494. The van der Waals surface area contributed by atoms with E-state index in [1.54, 1.807) is 12.0 Å². The summed E-state index contributed by atoms with van der Waals surface area (Å²) < 4.78 is 5.38. The van der Waals surface area contributed by atoms with E-state index in [1.165, 1.54) is 0 Å². The number of rotatable bonds is 11. The molecule has 2 atom stereocenters. The molecule has 0 heterocycles. The highest BCUT2D eigenvalue weighted by Gasteiger charge is 2.31. The third kappa shape index (κ3) is 7.20. The van der Waals surface area contributed by atoms with E-state index < -0.39 is 6.04 Å². The van der Waals surface area contributed by atoms with Crippen molar-refractivity contribution in [2.24, 2.45) is 0 Å². The predicted octanol–water partition coefficient (Wildman–Crippen LogP) is 4.79. The van der Waals surface area contributed by atoms with Gasteiger partial charge in [-0.2, -0.15) is 0 Å². The van der Waals surface area contributed by atoms with E-state index in [2.05, 4.69) is 5.32 Å². The second-order valence-electron chi connectivity index (χ2n) is 8.56. The fourth-order valence-electron chi connectivity index (χ4n) is 3.83. The SMILES string of the molecule is CCC(C)NC(=O)C(Cc1ccccc1)N(Cc1cccc(OC)c1)C(=O)Cc1ccccc1. The van der Waals surface area contributed by atoms with E-state index >= 15 is 0 Å². The molecule has 0 aliphatic carbocycles. The van der Waals surface area contributed by atoms with Crippen molar-refractivity contribution >= 4 is 11.8 Å². The largest absolute Gasteiger partial charge is 0.497 e. The van der Waals surface area contributed by atoms with Crippen LogP contribution in [0.25, 0.3) is 0 Å². The molecule has 2 amide bonds. The van der Waals surface area contributed by atoms with Gasteiger partial charge >= 0.3 is 0 Å². The van der Waals surface area contributed by atoms with Gasteiger partial charge in [-0.3, -0.25) is 9.59 Å². The highest BCUT2D eigenvalue weighted by atomic mass is 16.5. The monoisotopic (exact) mass is 458 g/mol. The standard InChI is InChI=1S/C29H34N2O3/c1-4-22(2)30-29(33)27(19-23-12-7-5-8-13-23)31(21-25-16-11-17-26(18-25)34-3)28(32)20-24-14-9-6-10-15-24/h5-18,22,27H,4,19-21H2,1-3H3,(H,30,33). The summed E-state index contributed by atoms with van der Waals surface area (Å²) in [6.45, 7) is 4.33. The van der Waals surface area contributed by atoms with Gasteiger partial charge in [0.2, 0.25) is 11.8 Å². The molecule has 0 bridgehead atoms. The number of nitrogens with zero attached hydrogens (tertiary/aromatic N) is 1. The molecule has 0 aliphatic rings. The van der Waals surface area contributed by atoms with Gasteiger partial charge in [0, 0.05) is 19.0 Å². The number of carbonyl (C=O) groups excluding carboxylic acids is 2. The molecule has 0 radical (unpaired) electrons. The quantitative estimate of drug-likeness (QED) is 0.449. The Morgan fingerprint density at radius 3 is 2.12 bits per heavy atom. The molecule has 178 valence electrons. The molecule has 5 nitrogen and oxygen atoms in total. The van der Waals surface area contributed by atoms with Crippen molar-refractivity contribution < 1.29 is 14.3 Å². The Bertz CT molecular complexity index is 1050. The van der Waals surface area contributed by atoms with Crippen molar-refractivity contribution in [3.63, 3.8) is 0 Å². The minimum Gasteiger partial charge on any atom is -0.497 e.